The number of halogens is 2. The zero-order chi connectivity index (χ0) is 19.8. The van der Waals surface area contributed by atoms with Crippen molar-refractivity contribution in [3.8, 4) is 0 Å². The molecule has 1 spiro atoms. The van der Waals surface area contributed by atoms with E-state index in [4.69, 9.17) is 0 Å². The summed E-state index contributed by atoms with van der Waals surface area (Å²) in [5.41, 5.74) is -0.440. The fourth-order valence-electron chi connectivity index (χ4n) is 3.94. The lowest BCUT2D eigenvalue weighted by Crippen LogP contribution is -2.49. The molecular weight excluding hydrogens is 417 g/mol. The minimum Gasteiger partial charge on any atom is -0.340 e. The molecule has 1 aliphatic heterocycles. The zero-order valence-electron chi connectivity index (χ0n) is 15.5. The van der Waals surface area contributed by atoms with Crippen molar-refractivity contribution in [2.24, 2.45) is 0 Å². The predicted octanol–water partition coefficient (Wildman–Crippen LogP) is 3.14. The summed E-state index contributed by atoms with van der Waals surface area (Å²) in [6.45, 7) is -0.267. The second-order valence-electron chi connectivity index (χ2n) is 7.31. The number of urea groups is 1. The first-order chi connectivity index (χ1) is 12.8. The van der Waals surface area contributed by atoms with Gasteiger partial charge in [0.05, 0.1) is 0 Å². The Morgan fingerprint density at radius 1 is 1.26 bits per heavy atom. The van der Waals surface area contributed by atoms with Gasteiger partial charge in [0.25, 0.3) is 5.91 Å². The summed E-state index contributed by atoms with van der Waals surface area (Å²) in [7, 11) is 3.17. The number of imide groups is 1. The fourth-order valence-corrected chi connectivity index (χ4v) is 4.34. The molecule has 6 nitrogen and oxygen atoms in total. The highest BCUT2D eigenvalue weighted by atomic mass is 79.9. The summed E-state index contributed by atoms with van der Waals surface area (Å²) in [5, 5.41) is 0. The van der Waals surface area contributed by atoms with E-state index in [1.165, 1.54) is 22.9 Å². The van der Waals surface area contributed by atoms with Crippen LogP contribution in [-0.2, 0) is 16.1 Å². The van der Waals surface area contributed by atoms with E-state index in [2.05, 4.69) is 15.9 Å². The maximum atomic E-state index is 13.9. The molecule has 146 valence electrons. The van der Waals surface area contributed by atoms with Gasteiger partial charge in [-0.25, -0.2) is 9.18 Å². The van der Waals surface area contributed by atoms with Gasteiger partial charge >= 0.3 is 6.03 Å². The summed E-state index contributed by atoms with van der Waals surface area (Å²) in [6, 6.07) is 4.09. The molecular formula is C19H23BrFN3O3. The number of amides is 4. The van der Waals surface area contributed by atoms with Crippen molar-refractivity contribution < 1.29 is 18.8 Å². The number of hydrogen-bond donors (Lipinski definition) is 0. The maximum Gasteiger partial charge on any atom is 0.327 e. The van der Waals surface area contributed by atoms with Crippen LogP contribution in [0.15, 0.2) is 22.7 Å². The van der Waals surface area contributed by atoms with Crippen LogP contribution in [0.25, 0.3) is 0 Å². The number of likely N-dealkylation sites (N-methyl/N-ethyl adjacent to an activating group) is 2. The second kappa shape index (κ2) is 7.58. The molecule has 27 heavy (non-hydrogen) atoms. The Bertz CT molecular complexity index is 779. The average Bonchev–Trinajstić information content (AvgIpc) is 2.81. The molecule has 0 aromatic heterocycles. The standard InChI is InChI=1S/C19H23BrFN3O3/c1-22(11-13-10-14(20)6-7-15(13)21)16(25)12-24-17(26)19(23(2)18(24)27)8-4-3-5-9-19/h6-7,10H,3-5,8-9,11-12H2,1-2H3. The van der Waals surface area contributed by atoms with Crippen LogP contribution in [-0.4, -0.2) is 58.7 Å². The summed E-state index contributed by atoms with van der Waals surface area (Å²) >= 11 is 3.28. The van der Waals surface area contributed by atoms with Gasteiger partial charge in [-0.15, -0.1) is 0 Å². The van der Waals surface area contributed by atoms with Crippen LogP contribution < -0.4 is 0 Å². The highest BCUT2D eigenvalue weighted by Crippen LogP contribution is 2.39. The van der Waals surface area contributed by atoms with E-state index in [1.807, 2.05) is 0 Å². The van der Waals surface area contributed by atoms with E-state index < -0.39 is 23.3 Å². The van der Waals surface area contributed by atoms with Crippen LogP contribution in [0, 0.1) is 5.82 Å². The molecule has 1 saturated heterocycles. The quantitative estimate of drug-likeness (QED) is 0.676. The van der Waals surface area contributed by atoms with Crippen molar-refractivity contribution in [3.63, 3.8) is 0 Å². The second-order valence-corrected chi connectivity index (χ2v) is 8.23. The van der Waals surface area contributed by atoms with E-state index in [9.17, 15) is 18.8 Å². The third kappa shape index (κ3) is 3.59. The molecule has 0 bridgehead atoms. The molecule has 0 radical (unpaired) electrons. The van der Waals surface area contributed by atoms with Gasteiger partial charge in [0.1, 0.15) is 17.9 Å². The third-order valence-electron chi connectivity index (χ3n) is 5.62. The Morgan fingerprint density at radius 3 is 2.59 bits per heavy atom. The molecule has 4 amide bonds. The normalized spacial score (nSPS) is 19.1. The molecule has 1 aliphatic carbocycles. The van der Waals surface area contributed by atoms with Crippen LogP contribution in [0.2, 0.25) is 0 Å². The van der Waals surface area contributed by atoms with Gasteiger partial charge in [-0.1, -0.05) is 35.2 Å². The van der Waals surface area contributed by atoms with E-state index in [1.54, 1.807) is 19.2 Å². The van der Waals surface area contributed by atoms with Crippen LogP contribution in [0.4, 0.5) is 9.18 Å². The van der Waals surface area contributed by atoms with E-state index in [-0.39, 0.29) is 19.0 Å². The lowest BCUT2D eigenvalue weighted by Gasteiger charge is -2.35. The Hall–Kier alpha value is -1.96. The molecule has 1 heterocycles. The first-order valence-corrected chi connectivity index (χ1v) is 9.83. The molecule has 8 heteroatoms. The lowest BCUT2D eigenvalue weighted by atomic mass is 9.81. The Labute approximate surface area is 166 Å². The molecule has 1 aromatic rings. The Balaban J connectivity index is 1.70. The van der Waals surface area contributed by atoms with Crippen LogP contribution >= 0.6 is 15.9 Å². The van der Waals surface area contributed by atoms with Crippen molar-refractivity contribution in [2.75, 3.05) is 20.6 Å². The molecule has 0 atom stereocenters. The molecule has 2 aliphatic rings. The number of rotatable bonds is 4. The number of nitrogens with zero attached hydrogens (tertiary/aromatic N) is 3. The molecule has 0 unspecified atom stereocenters. The van der Waals surface area contributed by atoms with Crippen LogP contribution in [0.1, 0.15) is 37.7 Å². The van der Waals surface area contributed by atoms with Gasteiger partial charge in [0, 0.05) is 30.7 Å². The van der Waals surface area contributed by atoms with Gasteiger partial charge in [0.2, 0.25) is 5.91 Å². The minimum atomic E-state index is -0.801. The molecule has 1 aromatic carbocycles. The predicted molar refractivity (Wildman–Crippen MR) is 101 cm³/mol. The zero-order valence-corrected chi connectivity index (χ0v) is 17.1. The summed E-state index contributed by atoms with van der Waals surface area (Å²) in [4.78, 5) is 42.0. The van der Waals surface area contributed by atoms with Gasteiger partial charge in [0.15, 0.2) is 0 Å². The third-order valence-corrected chi connectivity index (χ3v) is 6.11. The number of hydrogen-bond acceptors (Lipinski definition) is 3. The average molecular weight is 440 g/mol. The number of carbonyl (C=O) groups excluding carboxylic acids is 3. The van der Waals surface area contributed by atoms with Crippen molar-refractivity contribution in [1.29, 1.82) is 0 Å². The van der Waals surface area contributed by atoms with Crippen LogP contribution in [0.3, 0.4) is 0 Å². The minimum absolute atomic E-state index is 0.0569. The Morgan fingerprint density at radius 2 is 1.93 bits per heavy atom. The Kier molecular flexibility index (Phi) is 5.55. The SMILES string of the molecule is CN(Cc1cc(Br)ccc1F)C(=O)CN1C(=O)N(C)C2(CCCCC2)C1=O. The topological polar surface area (TPSA) is 60.9 Å². The first kappa shape index (κ1) is 19.8. The van der Waals surface area contributed by atoms with Gasteiger partial charge in [-0.2, -0.15) is 0 Å². The van der Waals surface area contributed by atoms with Gasteiger partial charge < -0.3 is 9.80 Å². The highest BCUT2D eigenvalue weighted by Gasteiger charge is 2.55. The van der Waals surface area contributed by atoms with Gasteiger partial charge in [-0.3, -0.25) is 14.5 Å². The highest BCUT2D eigenvalue weighted by molar-refractivity contribution is 9.10. The van der Waals surface area contributed by atoms with Crippen LogP contribution in [0.5, 0.6) is 0 Å². The van der Waals surface area contributed by atoms with Crippen molar-refractivity contribution >= 4 is 33.8 Å². The van der Waals surface area contributed by atoms with Crippen molar-refractivity contribution in [2.45, 2.75) is 44.2 Å². The van der Waals surface area contributed by atoms with E-state index >= 15 is 0 Å². The summed E-state index contributed by atoms with van der Waals surface area (Å²) < 4.78 is 14.6. The number of benzene rings is 1. The maximum absolute atomic E-state index is 13.9. The summed E-state index contributed by atoms with van der Waals surface area (Å²) in [6.07, 6.45) is 4.12. The molecule has 3 rings (SSSR count). The van der Waals surface area contributed by atoms with Crippen molar-refractivity contribution in [1.82, 2.24) is 14.7 Å². The molecule has 1 saturated carbocycles. The van der Waals surface area contributed by atoms with Gasteiger partial charge in [-0.05, 0) is 31.0 Å². The summed E-state index contributed by atoms with van der Waals surface area (Å²) in [5.74, 6) is -1.10. The monoisotopic (exact) mass is 439 g/mol. The first-order valence-electron chi connectivity index (χ1n) is 9.04. The largest absolute Gasteiger partial charge is 0.340 e. The number of carbonyl (C=O) groups is 3. The molecule has 2 fully saturated rings. The molecule has 0 N–H and O–H groups in total. The van der Waals surface area contributed by atoms with Crippen molar-refractivity contribution in [3.05, 3.63) is 34.1 Å². The van der Waals surface area contributed by atoms with E-state index in [0.717, 1.165) is 24.2 Å². The van der Waals surface area contributed by atoms with E-state index in [0.29, 0.717) is 22.9 Å². The smallest absolute Gasteiger partial charge is 0.327 e. The lowest BCUT2D eigenvalue weighted by molar-refractivity contribution is -0.140. The fraction of sp³-hybridized carbons (Fsp3) is 0.526.